The van der Waals surface area contributed by atoms with E-state index in [-0.39, 0.29) is 11.8 Å². The SMILES string of the molecule is Cc1cc(C(=O)c2ccccc2)c(C)n1C(C)C=O. The molecule has 19 heavy (non-hydrogen) atoms. The summed E-state index contributed by atoms with van der Waals surface area (Å²) in [6.45, 7) is 5.61. The minimum absolute atomic E-state index is 0.00181. The van der Waals surface area contributed by atoms with Crippen molar-refractivity contribution in [2.24, 2.45) is 0 Å². The first-order chi connectivity index (χ1) is 9.06. The van der Waals surface area contributed by atoms with Gasteiger partial charge in [0, 0.05) is 22.5 Å². The van der Waals surface area contributed by atoms with Crippen LogP contribution >= 0.6 is 0 Å². The Bertz CT molecular complexity index is 611. The highest BCUT2D eigenvalue weighted by molar-refractivity contribution is 6.09. The normalized spacial score (nSPS) is 12.2. The number of nitrogens with zero attached hydrogens (tertiary/aromatic N) is 1. The first-order valence-corrected chi connectivity index (χ1v) is 6.29. The molecule has 0 aliphatic rings. The van der Waals surface area contributed by atoms with Gasteiger partial charge in [0.05, 0.1) is 6.04 Å². The molecule has 1 heterocycles. The zero-order valence-corrected chi connectivity index (χ0v) is 11.4. The maximum atomic E-state index is 12.4. The molecule has 0 N–H and O–H groups in total. The Morgan fingerprint density at radius 1 is 1.21 bits per heavy atom. The van der Waals surface area contributed by atoms with Gasteiger partial charge in [-0.2, -0.15) is 0 Å². The van der Waals surface area contributed by atoms with Gasteiger partial charge in [0.25, 0.3) is 0 Å². The number of carbonyl (C=O) groups excluding carboxylic acids is 2. The Balaban J connectivity index is 2.48. The van der Waals surface area contributed by atoms with E-state index in [2.05, 4.69) is 0 Å². The largest absolute Gasteiger partial charge is 0.339 e. The van der Waals surface area contributed by atoms with E-state index in [4.69, 9.17) is 0 Å². The fourth-order valence-electron chi connectivity index (χ4n) is 2.44. The molecular weight excluding hydrogens is 238 g/mol. The summed E-state index contributed by atoms with van der Waals surface area (Å²) in [5, 5.41) is 0. The van der Waals surface area contributed by atoms with Gasteiger partial charge >= 0.3 is 0 Å². The van der Waals surface area contributed by atoms with Gasteiger partial charge in [-0.1, -0.05) is 30.3 Å². The number of ketones is 1. The molecule has 1 aromatic carbocycles. The number of hydrogen-bond donors (Lipinski definition) is 0. The van der Waals surface area contributed by atoms with Crippen LogP contribution in [0.1, 0.15) is 40.3 Å². The number of aryl methyl sites for hydroxylation is 1. The average Bonchev–Trinajstić information content (AvgIpc) is 2.73. The molecule has 0 saturated carbocycles. The van der Waals surface area contributed by atoms with Gasteiger partial charge in [0.2, 0.25) is 0 Å². The van der Waals surface area contributed by atoms with Gasteiger partial charge < -0.3 is 9.36 Å². The summed E-state index contributed by atoms with van der Waals surface area (Å²) in [6.07, 6.45) is 0.886. The topological polar surface area (TPSA) is 39.1 Å². The Hall–Kier alpha value is -2.16. The standard InChI is InChI=1S/C16H17NO2/c1-11-9-15(13(3)17(11)12(2)10-18)16(19)14-7-5-4-6-8-14/h4-10,12H,1-3H3. The molecule has 1 atom stereocenters. The number of benzene rings is 1. The quantitative estimate of drug-likeness (QED) is 0.622. The molecule has 2 aromatic rings. The molecule has 2 rings (SSSR count). The predicted octanol–water partition coefficient (Wildman–Crippen LogP) is 3.10. The third kappa shape index (κ3) is 2.36. The molecule has 0 saturated heterocycles. The van der Waals surface area contributed by atoms with Gasteiger partial charge in [0.1, 0.15) is 6.29 Å². The summed E-state index contributed by atoms with van der Waals surface area (Å²) in [6, 6.07) is 10.8. The highest BCUT2D eigenvalue weighted by Gasteiger charge is 2.19. The molecule has 0 bridgehead atoms. The van der Waals surface area contributed by atoms with Crippen LogP contribution in [0.15, 0.2) is 36.4 Å². The van der Waals surface area contributed by atoms with Crippen LogP contribution in [-0.2, 0) is 4.79 Å². The molecule has 0 radical (unpaired) electrons. The van der Waals surface area contributed by atoms with Crippen molar-refractivity contribution in [1.82, 2.24) is 4.57 Å². The molecule has 1 unspecified atom stereocenters. The minimum atomic E-state index is -0.252. The minimum Gasteiger partial charge on any atom is -0.339 e. The molecule has 0 fully saturated rings. The van der Waals surface area contributed by atoms with E-state index in [0.29, 0.717) is 11.1 Å². The van der Waals surface area contributed by atoms with Crippen molar-refractivity contribution in [3.8, 4) is 0 Å². The molecule has 98 valence electrons. The van der Waals surface area contributed by atoms with Gasteiger partial charge in [0.15, 0.2) is 5.78 Å². The van der Waals surface area contributed by atoms with Crippen LogP contribution < -0.4 is 0 Å². The summed E-state index contributed by atoms with van der Waals surface area (Å²) in [5.41, 5.74) is 3.10. The van der Waals surface area contributed by atoms with Crippen molar-refractivity contribution >= 4 is 12.1 Å². The van der Waals surface area contributed by atoms with Crippen LogP contribution in [0.25, 0.3) is 0 Å². The van der Waals surface area contributed by atoms with E-state index in [1.165, 1.54) is 0 Å². The molecule has 0 spiro atoms. The molecule has 3 nitrogen and oxygen atoms in total. The maximum Gasteiger partial charge on any atom is 0.194 e. The lowest BCUT2D eigenvalue weighted by molar-refractivity contribution is -0.110. The van der Waals surface area contributed by atoms with E-state index in [1.54, 1.807) is 12.1 Å². The number of hydrogen-bond acceptors (Lipinski definition) is 2. The first-order valence-electron chi connectivity index (χ1n) is 6.29. The molecule has 3 heteroatoms. The second-order valence-electron chi connectivity index (χ2n) is 4.73. The molecule has 0 aliphatic heterocycles. The monoisotopic (exact) mass is 255 g/mol. The van der Waals surface area contributed by atoms with Crippen LogP contribution in [0.5, 0.6) is 0 Å². The Morgan fingerprint density at radius 2 is 1.84 bits per heavy atom. The van der Waals surface area contributed by atoms with E-state index >= 15 is 0 Å². The molecule has 0 aliphatic carbocycles. The van der Waals surface area contributed by atoms with Crippen molar-refractivity contribution in [2.45, 2.75) is 26.8 Å². The molecule has 1 aromatic heterocycles. The van der Waals surface area contributed by atoms with Gasteiger partial charge in [-0.15, -0.1) is 0 Å². The fourth-order valence-corrected chi connectivity index (χ4v) is 2.44. The second kappa shape index (κ2) is 5.22. The summed E-state index contributed by atoms with van der Waals surface area (Å²) in [4.78, 5) is 23.4. The fraction of sp³-hybridized carbons (Fsp3) is 0.250. The Kier molecular flexibility index (Phi) is 3.65. The van der Waals surface area contributed by atoms with Crippen molar-refractivity contribution < 1.29 is 9.59 Å². The maximum absolute atomic E-state index is 12.4. The average molecular weight is 255 g/mol. The van der Waals surface area contributed by atoms with E-state index in [9.17, 15) is 9.59 Å². The number of aldehydes is 1. The van der Waals surface area contributed by atoms with Crippen molar-refractivity contribution in [3.05, 3.63) is 58.9 Å². The van der Waals surface area contributed by atoms with Crippen molar-refractivity contribution in [1.29, 1.82) is 0 Å². The van der Waals surface area contributed by atoms with Gasteiger partial charge in [-0.25, -0.2) is 0 Å². The van der Waals surface area contributed by atoms with E-state index in [1.807, 2.05) is 49.6 Å². The summed E-state index contributed by atoms with van der Waals surface area (Å²) in [5.74, 6) is -0.00181. The first kappa shape index (κ1) is 13.3. The summed E-state index contributed by atoms with van der Waals surface area (Å²) < 4.78 is 1.89. The van der Waals surface area contributed by atoms with Crippen LogP contribution in [0.4, 0.5) is 0 Å². The third-order valence-corrected chi connectivity index (χ3v) is 3.37. The number of aromatic nitrogens is 1. The van der Waals surface area contributed by atoms with E-state index < -0.39 is 0 Å². The lowest BCUT2D eigenvalue weighted by atomic mass is 10.0. The highest BCUT2D eigenvalue weighted by Crippen LogP contribution is 2.22. The summed E-state index contributed by atoms with van der Waals surface area (Å²) >= 11 is 0. The van der Waals surface area contributed by atoms with E-state index in [0.717, 1.165) is 17.7 Å². The van der Waals surface area contributed by atoms with Crippen molar-refractivity contribution in [3.63, 3.8) is 0 Å². The van der Waals surface area contributed by atoms with Crippen LogP contribution in [0, 0.1) is 13.8 Å². The molecule has 0 amide bonds. The van der Waals surface area contributed by atoms with Crippen LogP contribution in [-0.4, -0.2) is 16.6 Å². The Labute approximate surface area is 112 Å². The highest BCUT2D eigenvalue weighted by atomic mass is 16.1. The van der Waals surface area contributed by atoms with Crippen molar-refractivity contribution in [2.75, 3.05) is 0 Å². The predicted molar refractivity (Wildman–Crippen MR) is 74.6 cm³/mol. The lowest BCUT2D eigenvalue weighted by Gasteiger charge is -2.12. The lowest BCUT2D eigenvalue weighted by Crippen LogP contribution is -2.11. The molecular formula is C16H17NO2. The smallest absolute Gasteiger partial charge is 0.194 e. The zero-order chi connectivity index (χ0) is 14.0. The Morgan fingerprint density at radius 3 is 2.42 bits per heavy atom. The van der Waals surface area contributed by atoms with Crippen LogP contribution in [0.2, 0.25) is 0 Å². The number of carbonyl (C=O) groups is 2. The second-order valence-corrected chi connectivity index (χ2v) is 4.73. The van der Waals surface area contributed by atoms with Gasteiger partial charge in [-0.05, 0) is 26.8 Å². The third-order valence-electron chi connectivity index (χ3n) is 3.37. The zero-order valence-electron chi connectivity index (χ0n) is 11.4. The van der Waals surface area contributed by atoms with Gasteiger partial charge in [-0.3, -0.25) is 4.79 Å². The number of rotatable bonds is 4. The summed E-state index contributed by atoms with van der Waals surface area (Å²) in [7, 11) is 0. The van der Waals surface area contributed by atoms with Crippen LogP contribution in [0.3, 0.4) is 0 Å².